The minimum Gasteiger partial charge on any atom is -0.383 e. The summed E-state index contributed by atoms with van der Waals surface area (Å²) in [6, 6.07) is 4.35. The molecule has 1 heterocycles. The lowest BCUT2D eigenvalue weighted by Gasteiger charge is -2.25. The van der Waals surface area contributed by atoms with Crippen molar-refractivity contribution in [3.8, 4) is 0 Å². The molecule has 1 aromatic rings. The Morgan fingerprint density at radius 2 is 2.00 bits per heavy atom. The van der Waals surface area contributed by atoms with Gasteiger partial charge in [0.1, 0.15) is 0 Å². The number of benzene rings is 1. The second-order valence-electron chi connectivity index (χ2n) is 5.41. The van der Waals surface area contributed by atoms with Crippen LogP contribution < -0.4 is 10.2 Å². The summed E-state index contributed by atoms with van der Waals surface area (Å²) in [6.07, 6.45) is -2.11. The van der Waals surface area contributed by atoms with E-state index < -0.39 is 11.7 Å². The van der Waals surface area contributed by atoms with Gasteiger partial charge in [-0.15, -0.1) is 0 Å². The molecule has 5 heteroatoms. The van der Waals surface area contributed by atoms with Crippen LogP contribution >= 0.6 is 0 Å². The van der Waals surface area contributed by atoms with Gasteiger partial charge in [-0.05, 0) is 25.0 Å². The number of alkyl halides is 3. The highest BCUT2D eigenvalue weighted by Crippen LogP contribution is 2.51. The van der Waals surface area contributed by atoms with Gasteiger partial charge in [-0.25, -0.2) is 0 Å². The zero-order valence-electron chi connectivity index (χ0n) is 10.1. The number of hydrogen-bond acceptors (Lipinski definition) is 2. The molecule has 0 unspecified atom stereocenters. The normalized spacial score (nSPS) is 21.2. The van der Waals surface area contributed by atoms with Gasteiger partial charge in [-0.3, -0.25) is 0 Å². The summed E-state index contributed by atoms with van der Waals surface area (Å²) in [5, 5.41) is 3.18. The van der Waals surface area contributed by atoms with Crippen LogP contribution in [0.1, 0.15) is 18.4 Å². The number of hydrogen-bond donors (Lipinski definition) is 1. The summed E-state index contributed by atoms with van der Waals surface area (Å²) in [5.74, 6) is 0. The second-order valence-corrected chi connectivity index (χ2v) is 5.41. The molecule has 0 amide bonds. The fraction of sp³-hybridized carbons (Fsp3) is 0.538. The van der Waals surface area contributed by atoms with Crippen molar-refractivity contribution in [1.82, 2.24) is 0 Å². The Labute approximate surface area is 104 Å². The molecule has 1 spiro atoms. The fourth-order valence-corrected chi connectivity index (χ4v) is 2.76. The number of nitrogens with zero attached hydrogens (tertiary/aromatic N) is 1. The minimum atomic E-state index is -4.30. The van der Waals surface area contributed by atoms with E-state index in [-0.39, 0.29) is 11.1 Å². The highest BCUT2D eigenvalue weighted by atomic mass is 19.4. The molecule has 18 heavy (non-hydrogen) atoms. The third-order valence-corrected chi connectivity index (χ3v) is 3.91. The van der Waals surface area contributed by atoms with Crippen molar-refractivity contribution in [3.05, 3.63) is 23.8 Å². The Hall–Kier alpha value is -1.39. The molecular weight excluding hydrogens is 241 g/mol. The molecule has 0 radical (unpaired) electrons. The highest BCUT2D eigenvalue weighted by Gasteiger charge is 2.46. The average molecular weight is 256 g/mol. The van der Waals surface area contributed by atoms with Crippen LogP contribution in [-0.2, 0) is 6.18 Å². The first kappa shape index (κ1) is 11.7. The molecule has 2 aliphatic rings. The quantitative estimate of drug-likeness (QED) is 0.765. The average Bonchev–Trinajstić information content (AvgIpc) is 3.06. The summed E-state index contributed by atoms with van der Waals surface area (Å²) < 4.78 is 39.1. The van der Waals surface area contributed by atoms with Crippen molar-refractivity contribution in [2.24, 2.45) is 5.41 Å². The smallest absolute Gasteiger partial charge is 0.383 e. The maximum absolute atomic E-state index is 13.0. The zero-order chi connectivity index (χ0) is 13.0. The molecule has 1 N–H and O–H groups in total. The summed E-state index contributed by atoms with van der Waals surface area (Å²) in [6.45, 7) is 1.46. The lowest BCUT2D eigenvalue weighted by Crippen LogP contribution is -2.28. The van der Waals surface area contributed by atoms with E-state index in [1.807, 2.05) is 0 Å². The summed E-state index contributed by atoms with van der Waals surface area (Å²) in [7, 11) is 1.75. The number of halogens is 3. The molecule has 1 aliphatic carbocycles. The van der Waals surface area contributed by atoms with Crippen LogP contribution in [0.5, 0.6) is 0 Å². The van der Waals surface area contributed by atoms with Gasteiger partial charge in [0, 0.05) is 25.6 Å². The fourth-order valence-electron chi connectivity index (χ4n) is 2.76. The minimum absolute atomic E-state index is 0.177. The van der Waals surface area contributed by atoms with Gasteiger partial charge < -0.3 is 10.2 Å². The Morgan fingerprint density at radius 1 is 1.28 bits per heavy atom. The molecule has 3 rings (SSSR count). The molecule has 0 atom stereocenters. The lowest BCUT2D eigenvalue weighted by molar-refractivity contribution is -0.137. The van der Waals surface area contributed by atoms with Crippen molar-refractivity contribution in [3.63, 3.8) is 0 Å². The Morgan fingerprint density at radius 3 is 2.61 bits per heavy atom. The molecule has 1 saturated carbocycles. The Balaban J connectivity index is 2.07. The number of rotatable bonds is 0. The van der Waals surface area contributed by atoms with E-state index in [1.165, 1.54) is 6.07 Å². The largest absolute Gasteiger partial charge is 0.418 e. The first-order valence-electron chi connectivity index (χ1n) is 6.07. The second kappa shape index (κ2) is 3.56. The number of nitrogens with one attached hydrogen (secondary N) is 1. The van der Waals surface area contributed by atoms with Crippen LogP contribution in [0.2, 0.25) is 0 Å². The van der Waals surface area contributed by atoms with Crippen LogP contribution in [-0.4, -0.2) is 20.1 Å². The first-order valence-corrected chi connectivity index (χ1v) is 6.07. The number of anilines is 2. The van der Waals surface area contributed by atoms with E-state index in [2.05, 4.69) is 5.32 Å². The van der Waals surface area contributed by atoms with Crippen molar-refractivity contribution in [1.29, 1.82) is 0 Å². The van der Waals surface area contributed by atoms with Crippen LogP contribution in [0.3, 0.4) is 0 Å². The maximum Gasteiger partial charge on any atom is 0.418 e. The van der Waals surface area contributed by atoms with Gasteiger partial charge in [0.05, 0.1) is 16.9 Å². The molecule has 1 fully saturated rings. The van der Waals surface area contributed by atoms with Crippen LogP contribution in [0.4, 0.5) is 24.5 Å². The first-order chi connectivity index (χ1) is 8.41. The SMILES string of the molecule is CN1CC2(CC2)CNc2cccc(C(F)(F)F)c21. The molecule has 98 valence electrons. The predicted molar refractivity (Wildman–Crippen MR) is 64.9 cm³/mol. The van der Waals surface area contributed by atoms with Crippen molar-refractivity contribution in [2.45, 2.75) is 19.0 Å². The van der Waals surface area contributed by atoms with E-state index >= 15 is 0 Å². The lowest BCUT2D eigenvalue weighted by atomic mass is 10.1. The van der Waals surface area contributed by atoms with Crippen molar-refractivity contribution < 1.29 is 13.2 Å². The maximum atomic E-state index is 13.0. The van der Waals surface area contributed by atoms with E-state index in [1.54, 1.807) is 18.0 Å². The van der Waals surface area contributed by atoms with Crippen LogP contribution in [0.15, 0.2) is 18.2 Å². The molecule has 1 aliphatic heterocycles. The predicted octanol–water partition coefficient (Wildman–Crippen LogP) is 3.35. The van der Waals surface area contributed by atoms with Crippen LogP contribution in [0, 0.1) is 5.41 Å². The molecule has 2 nitrogen and oxygen atoms in total. The molecule has 0 saturated heterocycles. The summed E-state index contributed by atoms with van der Waals surface area (Å²) in [5.41, 5.74) is 0.508. The Kier molecular flexibility index (Phi) is 2.31. The third-order valence-electron chi connectivity index (χ3n) is 3.91. The summed E-state index contributed by atoms with van der Waals surface area (Å²) in [4.78, 5) is 1.76. The van der Waals surface area contributed by atoms with Gasteiger partial charge >= 0.3 is 6.18 Å². The van der Waals surface area contributed by atoms with Crippen molar-refractivity contribution >= 4 is 11.4 Å². The van der Waals surface area contributed by atoms with E-state index in [0.29, 0.717) is 12.2 Å². The third kappa shape index (κ3) is 1.82. The van der Waals surface area contributed by atoms with Gasteiger partial charge in [-0.2, -0.15) is 13.2 Å². The van der Waals surface area contributed by atoms with Gasteiger partial charge in [0.2, 0.25) is 0 Å². The van der Waals surface area contributed by atoms with E-state index in [4.69, 9.17) is 0 Å². The summed E-state index contributed by atoms with van der Waals surface area (Å²) >= 11 is 0. The van der Waals surface area contributed by atoms with E-state index in [0.717, 1.165) is 25.5 Å². The molecule has 1 aromatic carbocycles. The van der Waals surface area contributed by atoms with Crippen LogP contribution in [0.25, 0.3) is 0 Å². The highest BCUT2D eigenvalue weighted by molar-refractivity contribution is 5.75. The number of para-hydroxylation sites is 1. The molecule has 0 aromatic heterocycles. The van der Waals surface area contributed by atoms with Gasteiger partial charge in [0.15, 0.2) is 0 Å². The van der Waals surface area contributed by atoms with Gasteiger partial charge in [0.25, 0.3) is 0 Å². The van der Waals surface area contributed by atoms with E-state index in [9.17, 15) is 13.2 Å². The van der Waals surface area contributed by atoms with Crippen molar-refractivity contribution in [2.75, 3.05) is 30.4 Å². The van der Waals surface area contributed by atoms with Gasteiger partial charge in [-0.1, -0.05) is 6.07 Å². The standard InChI is InChI=1S/C13H15F3N2/c1-18-8-12(5-6-12)7-17-10-4-2-3-9(11(10)18)13(14,15)16/h2-4,17H,5-8H2,1H3. The molecular formula is C13H15F3N2. The monoisotopic (exact) mass is 256 g/mol. The zero-order valence-corrected chi connectivity index (χ0v) is 10.1. The molecule has 0 bridgehead atoms. The number of fused-ring (bicyclic) bond motifs is 1. The topological polar surface area (TPSA) is 15.3 Å². The Bertz CT molecular complexity index is 478.